The predicted molar refractivity (Wildman–Crippen MR) is 106 cm³/mol. The first kappa shape index (κ1) is 20.4. The fraction of sp³-hybridized carbons (Fsp3) is 0.263. The largest absolute Gasteiger partial charge is 0.419 e. The van der Waals surface area contributed by atoms with E-state index in [1.165, 1.54) is 24.3 Å². The third-order valence-electron chi connectivity index (χ3n) is 5.07. The number of halogens is 3. The molecule has 1 fully saturated rings. The van der Waals surface area contributed by atoms with Gasteiger partial charge in [0, 0.05) is 37.1 Å². The van der Waals surface area contributed by atoms with Crippen LogP contribution < -0.4 is 16.4 Å². The highest BCUT2D eigenvalue weighted by atomic mass is 19.4. The molecule has 0 bridgehead atoms. The van der Waals surface area contributed by atoms with E-state index in [9.17, 15) is 22.8 Å². The number of hydrogen-bond acceptors (Lipinski definition) is 5. The second-order valence-corrected chi connectivity index (χ2v) is 7.01. The first-order chi connectivity index (χ1) is 14.7. The monoisotopic (exact) mass is 433 g/mol. The van der Waals surface area contributed by atoms with Crippen molar-refractivity contribution in [2.75, 3.05) is 24.6 Å². The summed E-state index contributed by atoms with van der Waals surface area (Å²) in [6.45, 7) is 0.452. The number of likely N-dealkylation sites (N-methyl/N-ethyl adjacent to an activating group) is 1. The Morgan fingerprint density at radius 3 is 2.65 bits per heavy atom. The smallest absolute Gasteiger partial charge is 0.383 e. The zero-order valence-corrected chi connectivity index (χ0v) is 16.3. The summed E-state index contributed by atoms with van der Waals surface area (Å²) >= 11 is 0. The van der Waals surface area contributed by atoms with Crippen LogP contribution in [0.2, 0.25) is 0 Å². The van der Waals surface area contributed by atoms with Gasteiger partial charge >= 0.3 is 12.2 Å². The molecule has 0 saturated carbocycles. The lowest BCUT2D eigenvalue weighted by Gasteiger charge is -2.38. The number of aromatic nitrogens is 3. The second kappa shape index (κ2) is 7.45. The predicted octanol–water partition coefficient (Wildman–Crippen LogP) is 2.35. The minimum atomic E-state index is -4.62. The molecule has 4 heterocycles. The number of rotatable bonds is 3. The standard InChI is InChI=1S/C19H18F3N7O2/c1-24-17(30)13-4-5-29(13)18(31)27-14-9-28-8-10(2-3-15(28)26-14)11-6-12(19(20,21)22)16(23)25-7-11/h2-3,6-9,13H,4-5H2,1H3,(H2,23,25)(H,24,30)(H,27,31)/t13-/m0/s1. The average Bonchev–Trinajstić information content (AvgIpc) is 3.07. The highest BCUT2D eigenvalue weighted by molar-refractivity contribution is 5.94. The third kappa shape index (κ3) is 3.83. The number of amides is 3. The molecule has 0 radical (unpaired) electrons. The van der Waals surface area contributed by atoms with Crippen molar-refractivity contribution in [3.63, 3.8) is 0 Å². The maximum absolute atomic E-state index is 13.1. The molecule has 3 amide bonds. The quantitative estimate of drug-likeness (QED) is 0.586. The van der Waals surface area contributed by atoms with E-state index < -0.39 is 29.6 Å². The van der Waals surface area contributed by atoms with E-state index in [4.69, 9.17) is 5.73 Å². The summed E-state index contributed by atoms with van der Waals surface area (Å²) in [6.07, 6.45) is 0.321. The Bertz CT molecular complexity index is 1180. The molecule has 1 aliphatic heterocycles. The van der Waals surface area contributed by atoms with Crippen molar-refractivity contribution in [1.82, 2.24) is 24.6 Å². The van der Waals surface area contributed by atoms with Gasteiger partial charge in [-0.05, 0) is 24.6 Å². The van der Waals surface area contributed by atoms with Crippen molar-refractivity contribution >= 4 is 29.2 Å². The van der Waals surface area contributed by atoms with Gasteiger partial charge in [-0.2, -0.15) is 13.2 Å². The van der Waals surface area contributed by atoms with Crippen LogP contribution in [0, 0.1) is 0 Å². The molecule has 0 spiro atoms. The average molecular weight is 433 g/mol. The molecule has 4 rings (SSSR count). The fourth-order valence-electron chi connectivity index (χ4n) is 3.33. The summed E-state index contributed by atoms with van der Waals surface area (Å²) in [4.78, 5) is 33.5. The van der Waals surface area contributed by atoms with E-state index in [0.29, 0.717) is 24.2 Å². The number of imidazole rings is 1. The number of alkyl halides is 3. The van der Waals surface area contributed by atoms with Crippen molar-refractivity contribution in [3.8, 4) is 11.1 Å². The Morgan fingerprint density at radius 1 is 1.23 bits per heavy atom. The van der Waals surface area contributed by atoms with Gasteiger partial charge in [-0.3, -0.25) is 10.1 Å². The minimum Gasteiger partial charge on any atom is -0.383 e. The van der Waals surface area contributed by atoms with Crippen LogP contribution in [0.5, 0.6) is 0 Å². The fourth-order valence-corrected chi connectivity index (χ4v) is 3.33. The number of likely N-dealkylation sites (tertiary alicyclic amines) is 1. The molecular weight excluding hydrogens is 415 g/mol. The SMILES string of the molecule is CNC(=O)[C@@H]1CCN1C(=O)Nc1cn2cc(-c3cnc(N)c(C(F)(F)F)c3)ccc2n1. The Hall–Kier alpha value is -3.83. The topological polar surface area (TPSA) is 118 Å². The van der Waals surface area contributed by atoms with E-state index >= 15 is 0 Å². The number of urea groups is 1. The number of carbonyl (C=O) groups excluding carboxylic acids is 2. The number of fused-ring (bicyclic) bond motifs is 1. The lowest BCUT2D eigenvalue weighted by Crippen LogP contribution is -2.58. The molecule has 1 aliphatic rings. The number of anilines is 2. The van der Waals surface area contributed by atoms with E-state index in [2.05, 4.69) is 20.6 Å². The number of pyridine rings is 2. The summed E-state index contributed by atoms with van der Waals surface area (Å²) in [5.74, 6) is -0.585. The van der Waals surface area contributed by atoms with Gasteiger partial charge in [-0.25, -0.2) is 14.8 Å². The third-order valence-corrected chi connectivity index (χ3v) is 5.07. The molecule has 0 aliphatic carbocycles. The van der Waals surface area contributed by atoms with Crippen LogP contribution in [0.4, 0.5) is 29.6 Å². The van der Waals surface area contributed by atoms with Crippen molar-refractivity contribution in [2.45, 2.75) is 18.6 Å². The lowest BCUT2D eigenvalue weighted by atomic mass is 10.0. The van der Waals surface area contributed by atoms with Crippen LogP contribution in [-0.2, 0) is 11.0 Å². The number of nitrogens with zero attached hydrogens (tertiary/aromatic N) is 4. The van der Waals surface area contributed by atoms with Crippen LogP contribution in [-0.4, -0.2) is 50.8 Å². The summed E-state index contributed by atoms with van der Waals surface area (Å²) in [5.41, 5.74) is 5.52. The number of nitrogens with two attached hydrogens (primary N) is 1. The van der Waals surface area contributed by atoms with Crippen LogP contribution in [0.3, 0.4) is 0 Å². The second-order valence-electron chi connectivity index (χ2n) is 7.01. The highest BCUT2D eigenvalue weighted by Crippen LogP contribution is 2.35. The van der Waals surface area contributed by atoms with Crippen molar-refractivity contribution in [2.24, 2.45) is 0 Å². The van der Waals surface area contributed by atoms with Gasteiger partial charge in [0.2, 0.25) is 5.91 Å². The Kier molecular flexibility index (Phi) is 4.91. The van der Waals surface area contributed by atoms with Crippen molar-refractivity contribution < 1.29 is 22.8 Å². The first-order valence-electron chi connectivity index (χ1n) is 9.28. The maximum atomic E-state index is 13.1. The molecule has 3 aromatic heterocycles. The first-order valence-corrected chi connectivity index (χ1v) is 9.28. The normalized spacial score (nSPS) is 16.1. The van der Waals surface area contributed by atoms with Crippen LogP contribution in [0.15, 0.2) is 36.8 Å². The molecule has 1 atom stereocenters. The molecule has 0 aromatic carbocycles. The number of nitrogen functional groups attached to an aromatic ring is 1. The molecule has 31 heavy (non-hydrogen) atoms. The molecule has 3 aromatic rings. The van der Waals surface area contributed by atoms with Crippen LogP contribution in [0.1, 0.15) is 12.0 Å². The van der Waals surface area contributed by atoms with Crippen molar-refractivity contribution in [1.29, 1.82) is 0 Å². The zero-order chi connectivity index (χ0) is 22.3. The van der Waals surface area contributed by atoms with Gasteiger partial charge in [0.15, 0.2) is 5.82 Å². The minimum absolute atomic E-state index is 0.233. The lowest BCUT2D eigenvalue weighted by molar-refractivity contribution is -0.137. The summed E-state index contributed by atoms with van der Waals surface area (Å²) in [5, 5.41) is 5.15. The van der Waals surface area contributed by atoms with E-state index in [-0.39, 0.29) is 17.3 Å². The van der Waals surface area contributed by atoms with Gasteiger partial charge < -0.3 is 20.4 Å². The molecule has 1 saturated heterocycles. The van der Waals surface area contributed by atoms with E-state index in [1.807, 2.05) is 0 Å². The summed E-state index contributed by atoms with van der Waals surface area (Å²) < 4.78 is 40.9. The summed E-state index contributed by atoms with van der Waals surface area (Å²) in [6, 6.07) is 3.16. The van der Waals surface area contributed by atoms with Crippen LogP contribution in [0.25, 0.3) is 16.8 Å². The molecule has 0 unspecified atom stereocenters. The number of nitrogens with one attached hydrogen (secondary N) is 2. The van der Waals surface area contributed by atoms with Gasteiger partial charge in [-0.15, -0.1) is 0 Å². The Balaban J connectivity index is 1.57. The molecule has 4 N–H and O–H groups in total. The Morgan fingerprint density at radius 2 is 2.00 bits per heavy atom. The van der Waals surface area contributed by atoms with Gasteiger partial charge in [0.25, 0.3) is 0 Å². The number of hydrogen-bond donors (Lipinski definition) is 3. The van der Waals surface area contributed by atoms with Gasteiger partial charge in [-0.1, -0.05) is 0 Å². The zero-order valence-electron chi connectivity index (χ0n) is 16.3. The highest BCUT2D eigenvalue weighted by Gasteiger charge is 2.37. The molecule has 9 nitrogen and oxygen atoms in total. The Labute approximate surface area is 174 Å². The van der Waals surface area contributed by atoms with E-state index in [1.54, 1.807) is 22.7 Å². The summed E-state index contributed by atoms with van der Waals surface area (Å²) in [7, 11) is 1.50. The van der Waals surface area contributed by atoms with Crippen molar-refractivity contribution in [3.05, 3.63) is 42.4 Å². The van der Waals surface area contributed by atoms with Gasteiger partial charge in [0.05, 0.1) is 11.8 Å². The molecule has 162 valence electrons. The number of carbonyl (C=O) groups is 2. The molecular formula is C19H18F3N7O2. The van der Waals surface area contributed by atoms with Gasteiger partial charge in [0.1, 0.15) is 17.5 Å². The van der Waals surface area contributed by atoms with E-state index in [0.717, 1.165) is 6.07 Å². The maximum Gasteiger partial charge on any atom is 0.419 e. The van der Waals surface area contributed by atoms with Crippen LogP contribution >= 0.6 is 0 Å². The molecule has 12 heteroatoms.